The fourth-order valence-corrected chi connectivity index (χ4v) is 7.46. The van der Waals surface area contributed by atoms with Crippen LogP contribution in [0.15, 0.2) is 10.6 Å². The maximum absolute atomic E-state index is 13.5. The summed E-state index contributed by atoms with van der Waals surface area (Å²) in [6.07, 6.45) is 2.49. The van der Waals surface area contributed by atoms with Crippen molar-refractivity contribution < 1.29 is 22.5 Å². The fourth-order valence-electron chi connectivity index (χ4n) is 4.98. The van der Waals surface area contributed by atoms with Gasteiger partial charge in [0.15, 0.2) is 5.82 Å². The lowest BCUT2D eigenvalue weighted by atomic mass is 9.70. The number of carbonyl (C=O) groups is 2. The average molecular weight is 426 g/mol. The smallest absolute Gasteiger partial charge is 0.240 e. The minimum absolute atomic E-state index is 0.0500. The lowest BCUT2D eigenvalue weighted by molar-refractivity contribution is -0.128. The molecule has 2 bridgehead atoms. The maximum atomic E-state index is 13.5. The lowest BCUT2D eigenvalue weighted by Gasteiger charge is -2.38. The van der Waals surface area contributed by atoms with Crippen LogP contribution in [0.3, 0.4) is 0 Å². The molecular weight excluding hydrogens is 394 g/mol. The minimum Gasteiger partial charge on any atom is -0.360 e. The number of sulfonamides is 1. The van der Waals surface area contributed by atoms with Crippen LogP contribution >= 0.6 is 0 Å². The van der Waals surface area contributed by atoms with Gasteiger partial charge in [0.1, 0.15) is 11.5 Å². The molecule has 1 amide bonds. The van der Waals surface area contributed by atoms with Crippen LogP contribution in [0.5, 0.6) is 0 Å². The highest BCUT2D eigenvalue weighted by Gasteiger charge is 2.65. The van der Waals surface area contributed by atoms with E-state index in [-0.39, 0.29) is 41.3 Å². The molecule has 162 valence electrons. The molecule has 2 aliphatic carbocycles. The second kappa shape index (κ2) is 7.50. The second-order valence-corrected chi connectivity index (χ2v) is 11.0. The summed E-state index contributed by atoms with van der Waals surface area (Å²) in [5, 5.41) is 6.29. The Bertz CT molecular complexity index is 907. The normalized spacial score (nSPS) is 26.8. The van der Waals surface area contributed by atoms with Gasteiger partial charge < -0.3 is 9.84 Å². The van der Waals surface area contributed by atoms with E-state index < -0.39 is 21.3 Å². The van der Waals surface area contributed by atoms with Gasteiger partial charge in [-0.3, -0.25) is 9.59 Å². The SMILES string of the molecule is CCC(C)N(CC(=O)Nc1cc(C)on1)S(=O)(=O)CC12CCC(CC1=O)C2(C)C. The lowest BCUT2D eigenvalue weighted by Crippen LogP contribution is -2.50. The molecule has 2 aliphatic rings. The van der Waals surface area contributed by atoms with E-state index in [4.69, 9.17) is 4.52 Å². The van der Waals surface area contributed by atoms with Crippen LogP contribution in [-0.4, -0.2) is 47.9 Å². The first-order valence-electron chi connectivity index (χ1n) is 10.2. The predicted octanol–water partition coefficient (Wildman–Crippen LogP) is 2.75. The summed E-state index contributed by atoms with van der Waals surface area (Å²) < 4.78 is 33.1. The molecule has 0 aromatic carbocycles. The van der Waals surface area contributed by atoms with E-state index in [1.807, 2.05) is 20.8 Å². The minimum atomic E-state index is -3.84. The molecule has 29 heavy (non-hydrogen) atoms. The van der Waals surface area contributed by atoms with Crippen LogP contribution in [0, 0.1) is 23.7 Å². The van der Waals surface area contributed by atoms with Gasteiger partial charge in [0.25, 0.3) is 0 Å². The van der Waals surface area contributed by atoms with E-state index in [0.717, 1.165) is 6.42 Å². The molecule has 3 rings (SSSR count). The van der Waals surface area contributed by atoms with Crippen molar-refractivity contribution in [2.45, 2.75) is 66.3 Å². The largest absolute Gasteiger partial charge is 0.360 e. The number of aryl methyl sites for hydroxylation is 1. The van der Waals surface area contributed by atoms with Gasteiger partial charge in [0, 0.05) is 23.9 Å². The van der Waals surface area contributed by atoms with Crippen molar-refractivity contribution >= 4 is 27.5 Å². The van der Waals surface area contributed by atoms with Crippen molar-refractivity contribution in [1.82, 2.24) is 9.46 Å². The van der Waals surface area contributed by atoms with E-state index in [2.05, 4.69) is 10.5 Å². The number of aromatic nitrogens is 1. The summed E-state index contributed by atoms with van der Waals surface area (Å²) in [5.41, 5.74) is -1.21. The number of nitrogens with one attached hydrogen (secondary N) is 1. The number of nitrogens with zero attached hydrogens (tertiary/aromatic N) is 2. The molecule has 3 unspecified atom stereocenters. The van der Waals surface area contributed by atoms with Gasteiger partial charge in [-0.25, -0.2) is 8.42 Å². The number of fused-ring (bicyclic) bond motifs is 2. The molecule has 0 radical (unpaired) electrons. The predicted molar refractivity (Wildman–Crippen MR) is 109 cm³/mol. The molecule has 2 saturated carbocycles. The molecule has 1 N–H and O–H groups in total. The number of Topliss-reactive ketones (excluding diaryl/α,β-unsaturated/α-hetero) is 1. The summed E-state index contributed by atoms with van der Waals surface area (Å²) in [7, 11) is -3.84. The zero-order valence-corrected chi connectivity index (χ0v) is 18.6. The van der Waals surface area contributed by atoms with Crippen molar-refractivity contribution in [2.24, 2.45) is 16.7 Å². The summed E-state index contributed by atoms with van der Waals surface area (Å²) >= 11 is 0. The van der Waals surface area contributed by atoms with Crippen LogP contribution in [0.2, 0.25) is 0 Å². The maximum Gasteiger partial charge on any atom is 0.240 e. The number of carbonyl (C=O) groups excluding carboxylic acids is 2. The highest BCUT2D eigenvalue weighted by atomic mass is 32.2. The highest BCUT2D eigenvalue weighted by Crippen LogP contribution is 2.64. The summed E-state index contributed by atoms with van der Waals surface area (Å²) in [6.45, 7) is 9.06. The van der Waals surface area contributed by atoms with E-state index in [9.17, 15) is 18.0 Å². The van der Waals surface area contributed by atoms with E-state index in [1.165, 1.54) is 4.31 Å². The third-order valence-electron chi connectivity index (χ3n) is 7.20. The number of rotatable bonds is 8. The summed E-state index contributed by atoms with van der Waals surface area (Å²) in [5.74, 6) is 0.362. The highest BCUT2D eigenvalue weighted by molar-refractivity contribution is 7.89. The van der Waals surface area contributed by atoms with Gasteiger partial charge in [-0.05, 0) is 44.4 Å². The quantitative estimate of drug-likeness (QED) is 0.686. The molecule has 0 saturated heterocycles. The van der Waals surface area contributed by atoms with E-state index in [0.29, 0.717) is 25.0 Å². The molecule has 0 aliphatic heterocycles. The number of ketones is 1. The monoisotopic (exact) mass is 425 g/mol. The Morgan fingerprint density at radius 3 is 2.62 bits per heavy atom. The Morgan fingerprint density at radius 1 is 1.45 bits per heavy atom. The topological polar surface area (TPSA) is 110 Å². The molecule has 1 heterocycles. The summed E-state index contributed by atoms with van der Waals surface area (Å²) in [6, 6.07) is 1.20. The first-order valence-corrected chi connectivity index (χ1v) is 11.8. The zero-order chi connectivity index (χ0) is 21.6. The zero-order valence-electron chi connectivity index (χ0n) is 17.8. The van der Waals surface area contributed by atoms with Crippen molar-refractivity contribution in [3.63, 3.8) is 0 Å². The van der Waals surface area contributed by atoms with Gasteiger partial charge in [0.2, 0.25) is 15.9 Å². The van der Waals surface area contributed by atoms with Crippen LogP contribution in [0.1, 0.15) is 59.1 Å². The second-order valence-electron chi connectivity index (χ2n) is 9.10. The third-order valence-corrected chi connectivity index (χ3v) is 9.26. The Labute approximate surface area is 172 Å². The molecule has 1 aromatic rings. The summed E-state index contributed by atoms with van der Waals surface area (Å²) in [4.78, 5) is 25.3. The van der Waals surface area contributed by atoms with Gasteiger partial charge in [-0.2, -0.15) is 4.31 Å². The number of hydrogen-bond acceptors (Lipinski definition) is 6. The van der Waals surface area contributed by atoms with Crippen LogP contribution in [0.4, 0.5) is 5.82 Å². The van der Waals surface area contributed by atoms with Crippen molar-refractivity contribution in [1.29, 1.82) is 0 Å². The van der Waals surface area contributed by atoms with Crippen LogP contribution < -0.4 is 5.32 Å². The molecule has 2 fully saturated rings. The van der Waals surface area contributed by atoms with Crippen molar-refractivity contribution in [2.75, 3.05) is 17.6 Å². The van der Waals surface area contributed by atoms with Gasteiger partial charge in [0.05, 0.1) is 12.3 Å². The molecule has 1 aromatic heterocycles. The van der Waals surface area contributed by atoms with E-state index in [1.54, 1.807) is 19.9 Å². The van der Waals surface area contributed by atoms with Crippen molar-refractivity contribution in [3.8, 4) is 0 Å². The first kappa shape index (κ1) is 22.0. The molecular formula is C20H31N3O5S. The third kappa shape index (κ3) is 3.74. The molecule has 3 atom stereocenters. The standard InChI is InChI=1S/C20H31N3O5S/c1-6-13(2)23(11-18(25)21-17-9-14(3)28-22-17)29(26,27)12-20-8-7-15(10-16(20)24)19(20,4)5/h9,13,15H,6-8,10-12H2,1-5H3,(H,21,22,25). The van der Waals surface area contributed by atoms with Gasteiger partial charge in [-0.1, -0.05) is 25.9 Å². The van der Waals surface area contributed by atoms with Gasteiger partial charge >= 0.3 is 0 Å². The molecule has 9 heteroatoms. The fraction of sp³-hybridized carbons (Fsp3) is 0.750. The number of hydrogen-bond donors (Lipinski definition) is 1. The Hall–Kier alpha value is -1.74. The number of amides is 1. The van der Waals surface area contributed by atoms with E-state index >= 15 is 0 Å². The van der Waals surface area contributed by atoms with Gasteiger partial charge in [-0.15, -0.1) is 0 Å². The number of anilines is 1. The average Bonchev–Trinajstić information content (AvgIpc) is 3.19. The molecule has 0 spiro atoms. The molecule has 8 nitrogen and oxygen atoms in total. The van der Waals surface area contributed by atoms with Crippen LogP contribution in [-0.2, 0) is 19.6 Å². The Balaban J connectivity index is 1.82. The Kier molecular flexibility index (Phi) is 5.68. The Morgan fingerprint density at radius 2 is 2.14 bits per heavy atom. The first-order chi connectivity index (χ1) is 13.4. The van der Waals surface area contributed by atoms with Crippen molar-refractivity contribution in [3.05, 3.63) is 11.8 Å². The van der Waals surface area contributed by atoms with Crippen LogP contribution in [0.25, 0.3) is 0 Å².